The molecule has 0 aromatic heterocycles. The Hall–Kier alpha value is -1.13. The van der Waals surface area contributed by atoms with E-state index in [4.69, 9.17) is 22.7 Å². The van der Waals surface area contributed by atoms with Crippen LogP contribution in [0.5, 0.6) is 0 Å². The first-order valence-corrected chi connectivity index (χ1v) is 6.32. The fourth-order valence-electron chi connectivity index (χ4n) is 1.63. The summed E-state index contributed by atoms with van der Waals surface area (Å²) < 4.78 is 5.37. The molecule has 0 unspecified atom stereocenters. The molecule has 94 valence electrons. The highest BCUT2D eigenvalue weighted by Crippen LogP contribution is 2.14. The molecule has 0 amide bonds. The van der Waals surface area contributed by atoms with E-state index in [1.54, 1.807) is 0 Å². The van der Waals surface area contributed by atoms with Crippen LogP contribution in [-0.2, 0) is 4.74 Å². The summed E-state index contributed by atoms with van der Waals surface area (Å²) in [7, 11) is 0. The van der Waals surface area contributed by atoms with Gasteiger partial charge in [0.1, 0.15) is 4.99 Å². The minimum Gasteiger partial charge on any atom is -0.389 e. The Balaban J connectivity index is 2.65. The monoisotopic (exact) mass is 252 g/mol. The number of rotatable bonds is 7. The lowest BCUT2D eigenvalue weighted by Gasteiger charge is -2.23. The summed E-state index contributed by atoms with van der Waals surface area (Å²) in [6, 6.07) is 8.01. The fourth-order valence-corrected chi connectivity index (χ4v) is 1.76. The largest absolute Gasteiger partial charge is 0.389 e. The van der Waals surface area contributed by atoms with Crippen molar-refractivity contribution in [1.82, 2.24) is 0 Å². The van der Waals surface area contributed by atoms with Crippen molar-refractivity contribution < 1.29 is 4.74 Å². The third-order valence-corrected chi connectivity index (χ3v) is 2.84. The maximum Gasteiger partial charge on any atom is 0.103 e. The van der Waals surface area contributed by atoms with Gasteiger partial charge in [0.25, 0.3) is 0 Å². The molecular formula is C13H20N2OS. The van der Waals surface area contributed by atoms with Gasteiger partial charge in [0.05, 0.1) is 6.61 Å². The molecule has 0 saturated carbocycles. The van der Waals surface area contributed by atoms with Gasteiger partial charge < -0.3 is 15.4 Å². The van der Waals surface area contributed by atoms with E-state index in [9.17, 15) is 0 Å². The van der Waals surface area contributed by atoms with Crippen LogP contribution in [0, 0.1) is 0 Å². The van der Waals surface area contributed by atoms with Gasteiger partial charge in [0, 0.05) is 30.9 Å². The van der Waals surface area contributed by atoms with Crippen molar-refractivity contribution >= 4 is 22.9 Å². The topological polar surface area (TPSA) is 38.5 Å². The molecule has 0 aliphatic rings. The van der Waals surface area contributed by atoms with Crippen molar-refractivity contribution in [3.05, 3.63) is 29.8 Å². The molecule has 1 rings (SSSR count). The van der Waals surface area contributed by atoms with E-state index in [1.165, 1.54) is 5.69 Å². The SMILES string of the molecule is CCOCCN(CC)c1ccc(C(N)=S)cc1. The van der Waals surface area contributed by atoms with Crippen LogP contribution >= 0.6 is 12.2 Å². The number of likely N-dealkylation sites (N-methyl/N-ethyl adjacent to an activating group) is 1. The lowest BCUT2D eigenvalue weighted by atomic mass is 10.2. The average molecular weight is 252 g/mol. The molecule has 2 N–H and O–H groups in total. The second-order valence-electron chi connectivity index (χ2n) is 3.69. The number of nitrogens with two attached hydrogens (primary N) is 1. The molecular weight excluding hydrogens is 232 g/mol. The predicted octanol–water partition coefficient (Wildman–Crippen LogP) is 2.18. The summed E-state index contributed by atoms with van der Waals surface area (Å²) in [5, 5.41) is 0. The standard InChI is InChI=1S/C13H20N2OS/c1-3-15(9-10-16-4-2)12-7-5-11(6-8-12)13(14)17/h5-8H,3-4,9-10H2,1-2H3,(H2,14,17). The molecule has 0 aliphatic heterocycles. The Labute approximate surface area is 109 Å². The minimum atomic E-state index is 0.439. The van der Waals surface area contributed by atoms with E-state index < -0.39 is 0 Å². The maximum absolute atomic E-state index is 5.57. The molecule has 0 saturated heterocycles. The molecule has 0 aliphatic carbocycles. The van der Waals surface area contributed by atoms with Gasteiger partial charge in [-0.2, -0.15) is 0 Å². The summed E-state index contributed by atoms with van der Waals surface area (Å²) in [6.07, 6.45) is 0. The van der Waals surface area contributed by atoms with E-state index in [1.807, 2.05) is 31.2 Å². The predicted molar refractivity (Wildman–Crippen MR) is 76.7 cm³/mol. The highest BCUT2D eigenvalue weighted by molar-refractivity contribution is 7.80. The number of hydrogen-bond donors (Lipinski definition) is 1. The number of benzene rings is 1. The Kier molecular flexibility index (Phi) is 5.94. The third kappa shape index (κ3) is 4.32. The Morgan fingerprint density at radius 3 is 2.41 bits per heavy atom. The van der Waals surface area contributed by atoms with E-state index in [0.29, 0.717) is 4.99 Å². The van der Waals surface area contributed by atoms with Crippen LogP contribution in [0.3, 0.4) is 0 Å². The highest BCUT2D eigenvalue weighted by atomic mass is 32.1. The number of ether oxygens (including phenoxy) is 1. The second kappa shape index (κ2) is 7.25. The van der Waals surface area contributed by atoms with Gasteiger partial charge in [-0.1, -0.05) is 12.2 Å². The lowest BCUT2D eigenvalue weighted by molar-refractivity contribution is 0.154. The van der Waals surface area contributed by atoms with Crippen molar-refractivity contribution in [2.24, 2.45) is 5.73 Å². The summed E-state index contributed by atoms with van der Waals surface area (Å²) in [6.45, 7) is 7.51. The molecule has 1 aromatic carbocycles. The van der Waals surface area contributed by atoms with Gasteiger partial charge in [-0.15, -0.1) is 0 Å². The first-order valence-electron chi connectivity index (χ1n) is 5.91. The Morgan fingerprint density at radius 1 is 1.29 bits per heavy atom. The normalized spacial score (nSPS) is 10.2. The van der Waals surface area contributed by atoms with Crippen LogP contribution in [0.25, 0.3) is 0 Å². The van der Waals surface area contributed by atoms with E-state index in [-0.39, 0.29) is 0 Å². The third-order valence-electron chi connectivity index (χ3n) is 2.61. The average Bonchev–Trinajstić information content (AvgIpc) is 2.35. The Morgan fingerprint density at radius 2 is 1.94 bits per heavy atom. The quantitative estimate of drug-likeness (QED) is 0.596. The molecule has 0 radical (unpaired) electrons. The highest BCUT2D eigenvalue weighted by Gasteiger charge is 2.04. The van der Waals surface area contributed by atoms with Crippen LogP contribution in [0.2, 0.25) is 0 Å². The molecule has 4 heteroatoms. The van der Waals surface area contributed by atoms with Crippen LogP contribution in [0.4, 0.5) is 5.69 Å². The number of hydrogen-bond acceptors (Lipinski definition) is 3. The van der Waals surface area contributed by atoms with Gasteiger partial charge in [0.15, 0.2) is 0 Å². The number of anilines is 1. The maximum atomic E-state index is 5.57. The number of thiocarbonyl (C=S) groups is 1. The van der Waals surface area contributed by atoms with Crippen LogP contribution in [-0.4, -0.2) is 31.3 Å². The zero-order valence-corrected chi connectivity index (χ0v) is 11.3. The fraction of sp³-hybridized carbons (Fsp3) is 0.462. The van der Waals surface area contributed by atoms with Gasteiger partial charge >= 0.3 is 0 Å². The second-order valence-corrected chi connectivity index (χ2v) is 4.13. The summed E-state index contributed by atoms with van der Waals surface area (Å²) in [4.78, 5) is 2.70. The zero-order chi connectivity index (χ0) is 12.7. The van der Waals surface area contributed by atoms with Crippen molar-refractivity contribution in [2.45, 2.75) is 13.8 Å². The van der Waals surface area contributed by atoms with Crippen LogP contribution in [0.1, 0.15) is 19.4 Å². The molecule has 1 aromatic rings. The van der Waals surface area contributed by atoms with Gasteiger partial charge in [0.2, 0.25) is 0 Å². The molecule has 0 fully saturated rings. The Bertz CT molecular complexity index is 351. The molecule has 0 bridgehead atoms. The van der Waals surface area contributed by atoms with Crippen molar-refractivity contribution in [1.29, 1.82) is 0 Å². The van der Waals surface area contributed by atoms with E-state index in [0.717, 1.165) is 31.9 Å². The van der Waals surface area contributed by atoms with Crippen molar-refractivity contribution in [3.63, 3.8) is 0 Å². The summed E-state index contributed by atoms with van der Waals surface area (Å²) >= 11 is 4.93. The summed E-state index contributed by atoms with van der Waals surface area (Å²) in [5.74, 6) is 0. The molecule has 17 heavy (non-hydrogen) atoms. The molecule has 0 atom stereocenters. The molecule has 0 heterocycles. The first-order chi connectivity index (χ1) is 8.19. The van der Waals surface area contributed by atoms with Gasteiger partial charge in [-0.05, 0) is 38.1 Å². The minimum absolute atomic E-state index is 0.439. The van der Waals surface area contributed by atoms with Crippen LogP contribution < -0.4 is 10.6 Å². The summed E-state index contributed by atoms with van der Waals surface area (Å²) in [5.41, 5.74) is 7.65. The zero-order valence-electron chi connectivity index (χ0n) is 10.5. The van der Waals surface area contributed by atoms with E-state index in [2.05, 4.69) is 11.8 Å². The van der Waals surface area contributed by atoms with Crippen LogP contribution in [0.15, 0.2) is 24.3 Å². The van der Waals surface area contributed by atoms with Gasteiger partial charge in [-0.3, -0.25) is 0 Å². The molecule has 0 spiro atoms. The lowest BCUT2D eigenvalue weighted by Crippen LogP contribution is -2.27. The first kappa shape index (κ1) is 13.9. The van der Waals surface area contributed by atoms with E-state index >= 15 is 0 Å². The van der Waals surface area contributed by atoms with Gasteiger partial charge in [-0.25, -0.2) is 0 Å². The number of nitrogens with zero attached hydrogens (tertiary/aromatic N) is 1. The van der Waals surface area contributed by atoms with Crippen molar-refractivity contribution in [3.8, 4) is 0 Å². The molecule has 3 nitrogen and oxygen atoms in total. The van der Waals surface area contributed by atoms with Crippen molar-refractivity contribution in [2.75, 3.05) is 31.2 Å². The smallest absolute Gasteiger partial charge is 0.103 e.